The van der Waals surface area contributed by atoms with Crippen LogP contribution in [-0.2, 0) is 0 Å². The maximum absolute atomic E-state index is 11.3. The highest BCUT2D eigenvalue weighted by Gasteiger charge is 2.13. The lowest BCUT2D eigenvalue weighted by molar-refractivity contribution is 0.0971. The Morgan fingerprint density at radius 2 is 2.36 bits per heavy atom. The molecule has 0 radical (unpaired) electrons. The molecule has 0 amide bonds. The SMILES string of the molecule is Cc1ccsc1C(=O)C(C)N. The molecule has 0 aliphatic heterocycles. The number of Topliss-reactive ketones (excluding diaryl/α,β-unsaturated/α-hetero) is 1. The summed E-state index contributed by atoms with van der Waals surface area (Å²) in [6.45, 7) is 3.63. The van der Waals surface area contributed by atoms with Crippen LogP contribution in [0.5, 0.6) is 0 Å². The number of hydrogen-bond donors (Lipinski definition) is 1. The Morgan fingerprint density at radius 1 is 1.73 bits per heavy atom. The lowest BCUT2D eigenvalue weighted by Gasteiger charge is -2.01. The summed E-state index contributed by atoms with van der Waals surface area (Å²) in [5, 5.41) is 1.91. The average molecular weight is 169 g/mol. The van der Waals surface area contributed by atoms with E-state index >= 15 is 0 Å². The van der Waals surface area contributed by atoms with Gasteiger partial charge in [-0.2, -0.15) is 0 Å². The fourth-order valence-corrected chi connectivity index (χ4v) is 1.80. The van der Waals surface area contributed by atoms with Gasteiger partial charge in [0, 0.05) is 0 Å². The van der Waals surface area contributed by atoms with Gasteiger partial charge in [0.25, 0.3) is 0 Å². The molecule has 11 heavy (non-hydrogen) atoms. The second kappa shape index (κ2) is 3.15. The highest BCUT2D eigenvalue weighted by Crippen LogP contribution is 2.16. The minimum Gasteiger partial charge on any atom is -0.321 e. The van der Waals surface area contributed by atoms with E-state index in [1.165, 1.54) is 11.3 Å². The predicted octanol–water partition coefficient (Wildman–Crippen LogP) is 1.59. The first-order chi connectivity index (χ1) is 5.13. The van der Waals surface area contributed by atoms with Gasteiger partial charge in [-0.1, -0.05) is 0 Å². The van der Waals surface area contributed by atoms with Gasteiger partial charge >= 0.3 is 0 Å². The van der Waals surface area contributed by atoms with Crippen molar-refractivity contribution in [3.8, 4) is 0 Å². The van der Waals surface area contributed by atoms with E-state index in [2.05, 4.69) is 0 Å². The second-order valence-electron chi connectivity index (χ2n) is 2.59. The Hall–Kier alpha value is -0.670. The van der Waals surface area contributed by atoms with E-state index in [4.69, 9.17) is 5.73 Å². The number of thiophene rings is 1. The third-order valence-electron chi connectivity index (χ3n) is 1.50. The molecule has 3 heteroatoms. The first-order valence-corrected chi connectivity index (χ1v) is 4.34. The van der Waals surface area contributed by atoms with Gasteiger partial charge in [-0.15, -0.1) is 11.3 Å². The van der Waals surface area contributed by atoms with Crippen molar-refractivity contribution < 1.29 is 4.79 Å². The first-order valence-electron chi connectivity index (χ1n) is 3.47. The summed E-state index contributed by atoms with van der Waals surface area (Å²) in [6, 6.07) is 1.55. The maximum atomic E-state index is 11.3. The maximum Gasteiger partial charge on any atom is 0.189 e. The second-order valence-corrected chi connectivity index (χ2v) is 3.50. The summed E-state index contributed by atoms with van der Waals surface area (Å²) in [5.41, 5.74) is 6.48. The van der Waals surface area contributed by atoms with E-state index in [-0.39, 0.29) is 11.8 Å². The fraction of sp³-hybridized carbons (Fsp3) is 0.375. The van der Waals surface area contributed by atoms with Crippen molar-refractivity contribution in [2.24, 2.45) is 5.73 Å². The van der Waals surface area contributed by atoms with Crippen LogP contribution in [0.3, 0.4) is 0 Å². The molecule has 1 aromatic heterocycles. The third kappa shape index (κ3) is 1.67. The van der Waals surface area contributed by atoms with Crippen LogP contribution in [0.25, 0.3) is 0 Å². The zero-order chi connectivity index (χ0) is 8.43. The summed E-state index contributed by atoms with van der Waals surface area (Å²) < 4.78 is 0. The molecular weight excluding hydrogens is 158 g/mol. The van der Waals surface area contributed by atoms with Crippen molar-refractivity contribution in [3.63, 3.8) is 0 Å². The van der Waals surface area contributed by atoms with Gasteiger partial charge in [0.2, 0.25) is 0 Å². The van der Waals surface area contributed by atoms with E-state index in [0.717, 1.165) is 10.4 Å². The van der Waals surface area contributed by atoms with Gasteiger partial charge in [-0.25, -0.2) is 0 Å². The largest absolute Gasteiger partial charge is 0.321 e. The van der Waals surface area contributed by atoms with E-state index in [9.17, 15) is 4.79 Å². The normalized spacial score (nSPS) is 13.0. The van der Waals surface area contributed by atoms with Crippen molar-refractivity contribution in [1.29, 1.82) is 0 Å². The van der Waals surface area contributed by atoms with Gasteiger partial charge in [-0.05, 0) is 30.9 Å². The Bertz CT molecular complexity index is 265. The Morgan fingerprint density at radius 3 is 2.73 bits per heavy atom. The van der Waals surface area contributed by atoms with Crippen LogP contribution in [0, 0.1) is 6.92 Å². The Balaban J connectivity index is 2.93. The molecule has 0 saturated heterocycles. The number of nitrogens with two attached hydrogens (primary N) is 1. The smallest absolute Gasteiger partial charge is 0.189 e. The molecule has 0 spiro atoms. The predicted molar refractivity (Wildman–Crippen MR) is 47.0 cm³/mol. The van der Waals surface area contributed by atoms with Crippen LogP contribution < -0.4 is 5.73 Å². The van der Waals surface area contributed by atoms with E-state index < -0.39 is 0 Å². The van der Waals surface area contributed by atoms with E-state index in [0.29, 0.717) is 0 Å². The molecule has 0 bridgehead atoms. The van der Waals surface area contributed by atoms with Crippen molar-refractivity contribution >= 4 is 17.1 Å². The zero-order valence-electron chi connectivity index (χ0n) is 6.63. The minimum absolute atomic E-state index is 0.0394. The summed E-state index contributed by atoms with van der Waals surface area (Å²) in [4.78, 5) is 12.1. The number of carbonyl (C=O) groups is 1. The van der Waals surface area contributed by atoms with Crippen molar-refractivity contribution in [1.82, 2.24) is 0 Å². The molecule has 0 aromatic carbocycles. The van der Waals surface area contributed by atoms with Crippen molar-refractivity contribution in [2.75, 3.05) is 0 Å². The van der Waals surface area contributed by atoms with E-state index in [1.807, 2.05) is 18.4 Å². The highest BCUT2D eigenvalue weighted by molar-refractivity contribution is 7.12. The van der Waals surface area contributed by atoms with Gasteiger partial charge in [0.05, 0.1) is 10.9 Å². The number of aryl methyl sites for hydroxylation is 1. The number of hydrogen-bond acceptors (Lipinski definition) is 3. The molecule has 0 aliphatic rings. The molecule has 0 aliphatic carbocycles. The third-order valence-corrected chi connectivity index (χ3v) is 2.53. The molecule has 2 N–H and O–H groups in total. The van der Waals surface area contributed by atoms with Gasteiger partial charge in [0.1, 0.15) is 0 Å². The van der Waals surface area contributed by atoms with Gasteiger partial charge in [0.15, 0.2) is 5.78 Å². The Kier molecular flexibility index (Phi) is 2.42. The summed E-state index contributed by atoms with van der Waals surface area (Å²) >= 11 is 1.46. The quantitative estimate of drug-likeness (QED) is 0.683. The molecule has 1 rings (SSSR count). The van der Waals surface area contributed by atoms with Crippen LogP contribution in [0.15, 0.2) is 11.4 Å². The summed E-state index contributed by atoms with van der Waals surface area (Å²) in [7, 11) is 0. The molecule has 60 valence electrons. The first kappa shape index (κ1) is 8.43. The van der Waals surface area contributed by atoms with E-state index in [1.54, 1.807) is 6.92 Å². The lowest BCUT2D eigenvalue weighted by atomic mass is 10.1. The lowest BCUT2D eigenvalue weighted by Crippen LogP contribution is -2.26. The van der Waals surface area contributed by atoms with Crippen LogP contribution in [0.2, 0.25) is 0 Å². The standard InChI is InChI=1S/C8H11NOS/c1-5-3-4-11-8(5)7(10)6(2)9/h3-4,6H,9H2,1-2H3. The summed E-state index contributed by atoms with van der Waals surface area (Å²) in [5.74, 6) is 0.0394. The van der Waals surface area contributed by atoms with Crippen LogP contribution >= 0.6 is 11.3 Å². The average Bonchev–Trinajstić information content (AvgIpc) is 2.33. The van der Waals surface area contributed by atoms with Crippen molar-refractivity contribution in [2.45, 2.75) is 19.9 Å². The topological polar surface area (TPSA) is 43.1 Å². The molecule has 2 nitrogen and oxygen atoms in total. The molecule has 0 fully saturated rings. The minimum atomic E-state index is -0.382. The molecule has 0 saturated carbocycles. The molecule has 1 aromatic rings. The van der Waals surface area contributed by atoms with Crippen molar-refractivity contribution in [3.05, 3.63) is 21.9 Å². The van der Waals surface area contributed by atoms with Crippen LogP contribution in [-0.4, -0.2) is 11.8 Å². The fourth-order valence-electron chi connectivity index (χ4n) is 0.832. The van der Waals surface area contributed by atoms with Gasteiger partial charge < -0.3 is 5.73 Å². The summed E-state index contributed by atoms with van der Waals surface area (Å²) in [6.07, 6.45) is 0. The molecular formula is C8H11NOS. The number of rotatable bonds is 2. The number of ketones is 1. The molecule has 1 unspecified atom stereocenters. The van der Waals surface area contributed by atoms with Crippen LogP contribution in [0.1, 0.15) is 22.2 Å². The van der Waals surface area contributed by atoms with Crippen LogP contribution in [0.4, 0.5) is 0 Å². The molecule has 1 heterocycles. The van der Waals surface area contributed by atoms with Gasteiger partial charge in [-0.3, -0.25) is 4.79 Å². The zero-order valence-corrected chi connectivity index (χ0v) is 7.44. The molecule has 1 atom stereocenters. The highest BCUT2D eigenvalue weighted by atomic mass is 32.1. The Labute approximate surface area is 70.0 Å². The monoisotopic (exact) mass is 169 g/mol. The number of carbonyl (C=O) groups excluding carboxylic acids is 1.